The van der Waals surface area contributed by atoms with Crippen molar-refractivity contribution in [3.05, 3.63) is 65.2 Å². The Balaban J connectivity index is 1.54. The molecule has 1 saturated carbocycles. The Kier molecular flexibility index (Phi) is 8.54. The number of benzene rings is 2. The molecule has 2 heteroatoms. The molecule has 162 valence electrons. The van der Waals surface area contributed by atoms with Crippen molar-refractivity contribution in [2.45, 2.75) is 96.3 Å². The lowest BCUT2D eigenvalue weighted by atomic mass is 9.68. The number of aryl methyl sites for hydroxylation is 1. The van der Waals surface area contributed by atoms with Crippen LogP contribution in [-0.4, -0.2) is 5.97 Å². The molecule has 1 fully saturated rings. The maximum atomic E-state index is 12.5. The van der Waals surface area contributed by atoms with Crippen molar-refractivity contribution in [2.75, 3.05) is 0 Å². The van der Waals surface area contributed by atoms with Gasteiger partial charge in [0.15, 0.2) is 0 Å². The highest BCUT2D eigenvalue weighted by Gasteiger charge is 2.31. The van der Waals surface area contributed by atoms with E-state index >= 15 is 0 Å². The summed E-state index contributed by atoms with van der Waals surface area (Å²) in [4.78, 5) is 12.5. The molecule has 0 spiro atoms. The van der Waals surface area contributed by atoms with Crippen LogP contribution < -0.4 is 4.74 Å². The van der Waals surface area contributed by atoms with Crippen molar-refractivity contribution in [2.24, 2.45) is 0 Å². The minimum Gasteiger partial charge on any atom is -0.423 e. The zero-order valence-corrected chi connectivity index (χ0v) is 18.9. The molecule has 0 aliphatic heterocycles. The fraction of sp³-hybridized carbons (Fsp3) is 0.536. The fourth-order valence-corrected chi connectivity index (χ4v) is 4.86. The third kappa shape index (κ3) is 5.97. The third-order valence-corrected chi connectivity index (χ3v) is 6.92. The van der Waals surface area contributed by atoms with Gasteiger partial charge in [-0.3, -0.25) is 0 Å². The molecule has 0 heterocycles. The maximum absolute atomic E-state index is 12.5. The minimum absolute atomic E-state index is 0.278. The molecule has 2 aromatic rings. The van der Waals surface area contributed by atoms with Gasteiger partial charge in [-0.25, -0.2) is 4.79 Å². The molecule has 2 aromatic carbocycles. The molecular formula is C28H38O2. The van der Waals surface area contributed by atoms with E-state index in [9.17, 15) is 4.79 Å². The average Bonchev–Trinajstić information content (AvgIpc) is 2.80. The van der Waals surface area contributed by atoms with Crippen LogP contribution in [0.1, 0.15) is 106 Å². The van der Waals surface area contributed by atoms with Crippen LogP contribution in [0.15, 0.2) is 48.5 Å². The van der Waals surface area contributed by atoms with E-state index in [-0.39, 0.29) is 5.97 Å². The molecule has 2 nitrogen and oxygen atoms in total. The molecule has 0 aromatic heterocycles. The lowest BCUT2D eigenvalue weighted by Gasteiger charge is -2.37. The van der Waals surface area contributed by atoms with E-state index in [0.717, 1.165) is 6.42 Å². The van der Waals surface area contributed by atoms with Crippen molar-refractivity contribution < 1.29 is 9.53 Å². The van der Waals surface area contributed by atoms with Gasteiger partial charge in [0, 0.05) is 0 Å². The van der Waals surface area contributed by atoms with Gasteiger partial charge in [0.2, 0.25) is 0 Å². The second-order valence-electron chi connectivity index (χ2n) is 8.97. The zero-order valence-electron chi connectivity index (χ0n) is 18.9. The monoisotopic (exact) mass is 406 g/mol. The van der Waals surface area contributed by atoms with E-state index in [4.69, 9.17) is 4.74 Å². The first kappa shape index (κ1) is 22.6. The van der Waals surface area contributed by atoms with Crippen LogP contribution in [0.2, 0.25) is 0 Å². The quantitative estimate of drug-likeness (QED) is 0.227. The summed E-state index contributed by atoms with van der Waals surface area (Å²) in [6, 6.07) is 16.2. The van der Waals surface area contributed by atoms with Gasteiger partial charge in [-0.05, 0) is 72.9 Å². The Morgan fingerprint density at radius 1 is 0.833 bits per heavy atom. The summed E-state index contributed by atoms with van der Waals surface area (Å²) in [5, 5.41) is 0. The van der Waals surface area contributed by atoms with E-state index in [1.165, 1.54) is 81.8 Å². The molecule has 30 heavy (non-hydrogen) atoms. The van der Waals surface area contributed by atoms with E-state index in [1.54, 1.807) is 0 Å². The summed E-state index contributed by atoms with van der Waals surface area (Å²) < 4.78 is 5.64. The van der Waals surface area contributed by atoms with Crippen molar-refractivity contribution in [1.82, 2.24) is 0 Å². The van der Waals surface area contributed by atoms with Crippen LogP contribution in [0, 0.1) is 0 Å². The summed E-state index contributed by atoms with van der Waals surface area (Å²) in [7, 11) is 0. The van der Waals surface area contributed by atoms with E-state index in [2.05, 4.69) is 38.1 Å². The first-order chi connectivity index (χ1) is 14.7. The molecule has 0 radical (unpaired) electrons. The van der Waals surface area contributed by atoms with Gasteiger partial charge in [-0.2, -0.15) is 0 Å². The molecule has 0 amide bonds. The van der Waals surface area contributed by atoms with Gasteiger partial charge in [-0.1, -0.05) is 83.1 Å². The number of hydrogen-bond acceptors (Lipinski definition) is 2. The van der Waals surface area contributed by atoms with Crippen LogP contribution in [0.3, 0.4) is 0 Å². The summed E-state index contributed by atoms with van der Waals surface area (Å²) in [5.41, 5.74) is 3.62. The highest BCUT2D eigenvalue weighted by molar-refractivity contribution is 5.91. The van der Waals surface area contributed by atoms with Crippen LogP contribution in [0.4, 0.5) is 0 Å². The van der Waals surface area contributed by atoms with Crippen LogP contribution in [0.5, 0.6) is 5.75 Å². The number of unbranched alkanes of at least 4 members (excludes halogenated alkanes) is 4. The molecule has 0 bridgehead atoms. The number of carbonyl (C=O) groups excluding carboxylic acids is 1. The van der Waals surface area contributed by atoms with Gasteiger partial charge in [0.25, 0.3) is 0 Å². The number of carbonyl (C=O) groups is 1. The second-order valence-corrected chi connectivity index (χ2v) is 8.97. The lowest BCUT2D eigenvalue weighted by Crippen LogP contribution is -2.28. The predicted molar refractivity (Wildman–Crippen MR) is 125 cm³/mol. The Bertz CT molecular complexity index is 767. The summed E-state index contributed by atoms with van der Waals surface area (Å²) in [6.07, 6.45) is 15.2. The van der Waals surface area contributed by atoms with Crippen molar-refractivity contribution in [3.8, 4) is 5.75 Å². The number of esters is 1. The first-order valence-corrected chi connectivity index (χ1v) is 12.1. The van der Waals surface area contributed by atoms with E-state index < -0.39 is 0 Å². The summed E-state index contributed by atoms with van der Waals surface area (Å²) in [6.45, 7) is 4.54. The predicted octanol–water partition coefficient (Wildman–Crippen LogP) is 8.03. The largest absolute Gasteiger partial charge is 0.423 e. The molecule has 1 aliphatic rings. The van der Waals surface area contributed by atoms with Gasteiger partial charge in [0.1, 0.15) is 5.75 Å². The SMILES string of the molecule is CCCCCCCc1ccc(C(=O)Oc2ccc(C3(CC)CCCCC3)cc2)cc1. The Hall–Kier alpha value is -2.09. The van der Waals surface area contributed by atoms with E-state index in [0.29, 0.717) is 16.7 Å². The molecule has 0 unspecified atom stereocenters. The maximum Gasteiger partial charge on any atom is 0.343 e. The highest BCUT2D eigenvalue weighted by atomic mass is 16.5. The van der Waals surface area contributed by atoms with Crippen molar-refractivity contribution in [3.63, 3.8) is 0 Å². The normalized spacial score (nSPS) is 15.7. The van der Waals surface area contributed by atoms with Gasteiger partial charge in [-0.15, -0.1) is 0 Å². The van der Waals surface area contributed by atoms with E-state index in [1.807, 2.05) is 24.3 Å². The summed E-state index contributed by atoms with van der Waals surface area (Å²) >= 11 is 0. The number of hydrogen-bond donors (Lipinski definition) is 0. The van der Waals surface area contributed by atoms with Gasteiger partial charge >= 0.3 is 5.97 Å². The molecule has 3 rings (SSSR count). The number of rotatable bonds is 10. The Morgan fingerprint density at radius 3 is 2.13 bits per heavy atom. The van der Waals surface area contributed by atoms with Crippen molar-refractivity contribution >= 4 is 5.97 Å². The second kappa shape index (κ2) is 11.3. The summed E-state index contributed by atoms with van der Waals surface area (Å²) in [5.74, 6) is 0.353. The zero-order chi connectivity index (χ0) is 21.2. The van der Waals surface area contributed by atoms with Crippen molar-refractivity contribution in [1.29, 1.82) is 0 Å². The minimum atomic E-state index is -0.278. The topological polar surface area (TPSA) is 26.3 Å². The number of ether oxygens (including phenoxy) is 1. The molecule has 0 atom stereocenters. The van der Waals surface area contributed by atoms with Crippen LogP contribution in [-0.2, 0) is 11.8 Å². The first-order valence-electron chi connectivity index (χ1n) is 12.1. The highest BCUT2D eigenvalue weighted by Crippen LogP contribution is 2.42. The Morgan fingerprint density at radius 2 is 1.50 bits per heavy atom. The molecule has 1 aliphatic carbocycles. The van der Waals surface area contributed by atoms with Gasteiger partial charge < -0.3 is 4.74 Å². The lowest BCUT2D eigenvalue weighted by molar-refractivity contribution is 0.0734. The van der Waals surface area contributed by atoms with Crippen LogP contribution >= 0.6 is 0 Å². The average molecular weight is 407 g/mol. The molecule has 0 N–H and O–H groups in total. The third-order valence-electron chi connectivity index (χ3n) is 6.92. The molecule has 0 saturated heterocycles. The Labute approximate surface area is 183 Å². The van der Waals surface area contributed by atoms with Gasteiger partial charge in [0.05, 0.1) is 5.56 Å². The fourth-order valence-electron chi connectivity index (χ4n) is 4.86. The standard InChI is InChI=1S/C28H38O2/c1-3-5-6-7-9-12-23-13-15-24(16-14-23)27(29)30-26-19-17-25(18-20-26)28(4-2)21-10-8-11-22-28/h13-20H,3-12,21-22H2,1-2H3. The molecular weight excluding hydrogens is 368 g/mol. The van der Waals surface area contributed by atoms with Crippen LogP contribution in [0.25, 0.3) is 0 Å². The smallest absolute Gasteiger partial charge is 0.343 e.